The molecule has 1 aromatic rings. The molecule has 0 fully saturated rings. The summed E-state index contributed by atoms with van der Waals surface area (Å²) in [6, 6.07) is 3.10. The molecule has 0 bridgehead atoms. The van der Waals surface area contributed by atoms with Gasteiger partial charge in [0.05, 0.1) is 12.2 Å². The zero-order valence-electron chi connectivity index (χ0n) is 9.60. The maximum Gasteiger partial charge on any atom is 0.335 e. The predicted molar refractivity (Wildman–Crippen MR) is 63.7 cm³/mol. The predicted octanol–water partition coefficient (Wildman–Crippen LogP) is 2.58. The Balaban J connectivity index is 2.43. The first kappa shape index (κ1) is 11.5. The van der Waals surface area contributed by atoms with Gasteiger partial charge in [0, 0.05) is 5.56 Å². The quantitative estimate of drug-likeness (QED) is 0.869. The van der Waals surface area contributed by atoms with Gasteiger partial charge in [-0.15, -0.1) is 0 Å². The van der Waals surface area contributed by atoms with Crippen molar-refractivity contribution in [3.05, 3.63) is 29.3 Å². The van der Waals surface area contributed by atoms with Gasteiger partial charge in [-0.1, -0.05) is 13.0 Å². The van der Waals surface area contributed by atoms with Crippen LogP contribution in [0, 0.1) is 0 Å². The van der Waals surface area contributed by atoms with Gasteiger partial charge >= 0.3 is 5.97 Å². The molecular formula is C13H14O4. The molecule has 4 heteroatoms. The summed E-state index contributed by atoms with van der Waals surface area (Å²) in [7, 11) is 0. The molecule has 0 radical (unpaired) electrons. The molecule has 90 valence electrons. The molecule has 0 atom stereocenters. The van der Waals surface area contributed by atoms with E-state index in [-0.39, 0.29) is 5.56 Å². The van der Waals surface area contributed by atoms with E-state index in [1.807, 2.05) is 19.1 Å². The van der Waals surface area contributed by atoms with Crippen LogP contribution in [-0.2, 0) is 0 Å². The highest BCUT2D eigenvalue weighted by molar-refractivity contribution is 5.90. The minimum atomic E-state index is -0.965. The fourth-order valence-corrected chi connectivity index (χ4v) is 1.65. The summed E-state index contributed by atoms with van der Waals surface area (Å²) in [6.45, 7) is 3.03. The standard InChI is InChI=1S/C13H14O4/c1-2-5-16-11-8-10(13(14)15)7-9-4-3-6-17-12(9)11/h3-4,7-8H,2,5-6H2,1H3,(H,14,15). The number of fused-ring (bicyclic) bond motifs is 1. The largest absolute Gasteiger partial charge is 0.490 e. The molecule has 0 spiro atoms. The van der Waals surface area contributed by atoms with Crippen molar-refractivity contribution in [1.82, 2.24) is 0 Å². The Hall–Kier alpha value is -1.97. The van der Waals surface area contributed by atoms with Gasteiger partial charge < -0.3 is 14.6 Å². The third-order valence-electron chi connectivity index (χ3n) is 2.41. The second-order valence-corrected chi connectivity index (χ2v) is 3.76. The molecule has 2 rings (SSSR count). The van der Waals surface area contributed by atoms with Crippen molar-refractivity contribution in [1.29, 1.82) is 0 Å². The van der Waals surface area contributed by atoms with E-state index in [9.17, 15) is 4.79 Å². The monoisotopic (exact) mass is 234 g/mol. The van der Waals surface area contributed by atoms with Gasteiger partial charge in [-0.25, -0.2) is 4.79 Å². The van der Waals surface area contributed by atoms with E-state index < -0.39 is 5.97 Å². The molecule has 0 aromatic heterocycles. The summed E-state index contributed by atoms with van der Waals surface area (Å²) in [5.41, 5.74) is 0.965. The van der Waals surface area contributed by atoms with E-state index in [2.05, 4.69) is 0 Å². The van der Waals surface area contributed by atoms with Crippen LogP contribution in [0.25, 0.3) is 6.08 Å². The summed E-state index contributed by atoms with van der Waals surface area (Å²) in [6.07, 6.45) is 4.56. The normalized spacial score (nSPS) is 12.8. The highest BCUT2D eigenvalue weighted by atomic mass is 16.5. The Bertz CT molecular complexity index is 463. The number of carboxylic acid groups (broad SMARTS) is 1. The maximum atomic E-state index is 11.0. The van der Waals surface area contributed by atoms with Gasteiger partial charge in [0.25, 0.3) is 0 Å². The van der Waals surface area contributed by atoms with Crippen LogP contribution in [0.4, 0.5) is 0 Å². The minimum Gasteiger partial charge on any atom is -0.490 e. The Morgan fingerprint density at radius 3 is 3.06 bits per heavy atom. The van der Waals surface area contributed by atoms with Crippen molar-refractivity contribution in [2.75, 3.05) is 13.2 Å². The number of aromatic carboxylic acids is 1. The topological polar surface area (TPSA) is 55.8 Å². The first-order valence-corrected chi connectivity index (χ1v) is 5.56. The second-order valence-electron chi connectivity index (χ2n) is 3.76. The number of hydrogen-bond donors (Lipinski definition) is 1. The van der Waals surface area contributed by atoms with Crippen molar-refractivity contribution in [2.24, 2.45) is 0 Å². The molecule has 1 aliphatic heterocycles. The average Bonchev–Trinajstić information content (AvgIpc) is 2.35. The molecule has 0 aliphatic carbocycles. The summed E-state index contributed by atoms with van der Waals surface area (Å²) in [5.74, 6) is 0.171. The van der Waals surface area contributed by atoms with Crippen molar-refractivity contribution >= 4 is 12.0 Å². The van der Waals surface area contributed by atoms with E-state index in [4.69, 9.17) is 14.6 Å². The fourth-order valence-electron chi connectivity index (χ4n) is 1.65. The van der Waals surface area contributed by atoms with E-state index in [0.717, 1.165) is 12.0 Å². The molecule has 0 unspecified atom stereocenters. The van der Waals surface area contributed by atoms with Crippen LogP contribution in [0.1, 0.15) is 29.3 Å². The smallest absolute Gasteiger partial charge is 0.335 e. The molecule has 0 saturated heterocycles. The molecule has 1 aromatic carbocycles. The number of carbonyl (C=O) groups is 1. The van der Waals surface area contributed by atoms with Crippen LogP contribution < -0.4 is 9.47 Å². The number of hydrogen-bond acceptors (Lipinski definition) is 3. The molecular weight excluding hydrogens is 220 g/mol. The van der Waals surface area contributed by atoms with Crippen LogP contribution in [0.2, 0.25) is 0 Å². The lowest BCUT2D eigenvalue weighted by Crippen LogP contribution is -2.07. The van der Waals surface area contributed by atoms with Crippen LogP contribution in [0.3, 0.4) is 0 Å². The van der Waals surface area contributed by atoms with Gasteiger partial charge in [-0.05, 0) is 24.6 Å². The van der Waals surface area contributed by atoms with E-state index >= 15 is 0 Å². The number of benzene rings is 1. The van der Waals surface area contributed by atoms with E-state index in [1.54, 1.807) is 6.07 Å². The summed E-state index contributed by atoms with van der Waals surface area (Å²) in [4.78, 5) is 11.0. The molecule has 17 heavy (non-hydrogen) atoms. The van der Waals surface area contributed by atoms with Crippen LogP contribution >= 0.6 is 0 Å². The first-order chi connectivity index (χ1) is 8.22. The molecule has 1 aliphatic rings. The Labute approximate surface area is 99.5 Å². The van der Waals surface area contributed by atoms with E-state index in [1.165, 1.54) is 6.07 Å². The Kier molecular flexibility index (Phi) is 3.32. The zero-order chi connectivity index (χ0) is 12.3. The van der Waals surface area contributed by atoms with Crippen LogP contribution in [0.15, 0.2) is 18.2 Å². The SMILES string of the molecule is CCCOc1cc(C(=O)O)cc2c1OCC=C2. The van der Waals surface area contributed by atoms with Crippen molar-refractivity contribution in [2.45, 2.75) is 13.3 Å². The average molecular weight is 234 g/mol. The first-order valence-electron chi connectivity index (χ1n) is 5.56. The maximum absolute atomic E-state index is 11.0. The van der Waals surface area contributed by atoms with Gasteiger partial charge in [0.15, 0.2) is 11.5 Å². The van der Waals surface area contributed by atoms with Gasteiger partial charge in [-0.2, -0.15) is 0 Å². The fraction of sp³-hybridized carbons (Fsp3) is 0.308. The van der Waals surface area contributed by atoms with Crippen molar-refractivity contribution < 1.29 is 19.4 Å². The van der Waals surface area contributed by atoms with Gasteiger partial charge in [0.2, 0.25) is 0 Å². The van der Waals surface area contributed by atoms with Crippen molar-refractivity contribution in [3.63, 3.8) is 0 Å². The highest BCUT2D eigenvalue weighted by Crippen LogP contribution is 2.36. The van der Waals surface area contributed by atoms with E-state index in [0.29, 0.717) is 24.7 Å². The molecule has 0 saturated carbocycles. The molecule has 1 heterocycles. The number of ether oxygens (including phenoxy) is 2. The van der Waals surface area contributed by atoms with Crippen LogP contribution in [-0.4, -0.2) is 24.3 Å². The zero-order valence-corrected chi connectivity index (χ0v) is 9.60. The third-order valence-corrected chi connectivity index (χ3v) is 2.41. The number of carboxylic acids is 1. The highest BCUT2D eigenvalue weighted by Gasteiger charge is 2.17. The molecule has 1 N–H and O–H groups in total. The summed E-state index contributed by atoms with van der Waals surface area (Å²) in [5, 5.41) is 9.02. The Morgan fingerprint density at radius 2 is 2.35 bits per heavy atom. The third kappa shape index (κ3) is 2.41. The number of rotatable bonds is 4. The lowest BCUT2D eigenvalue weighted by atomic mass is 10.1. The second kappa shape index (κ2) is 4.91. The summed E-state index contributed by atoms with van der Waals surface area (Å²) >= 11 is 0. The van der Waals surface area contributed by atoms with Crippen LogP contribution in [0.5, 0.6) is 11.5 Å². The molecule has 0 amide bonds. The lowest BCUT2D eigenvalue weighted by Gasteiger charge is -2.17. The Morgan fingerprint density at radius 1 is 1.53 bits per heavy atom. The van der Waals surface area contributed by atoms with Crippen molar-refractivity contribution in [3.8, 4) is 11.5 Å². The van der Waals surface area contributed by atoms with Gasteiger partial charge in [-0.3, -0.25) is 0 Å². The summed E-state index contributed by atoms with van der Waals surface area (Å²) < 4.78 is 11.0. The molecule has 4 nitrogen and oxygen atoms in total. The minimum absolute atomic E-state index is 0.213. The lowest BCUT2D eigenvalue weighted by molar-refractivity contribution is 0.0696. The van der Waals surface area contributed by atoms with Gasteiger partial charge in [0.1, 0.15) is 6.61 Å².